The van der Waals surface area contributed by atoms with Crippen molar-refractivity contribution < 1.29 is 4.74 Å². The second kappa shape index (κ2) is 10.1. The molecule has 0 unspecified atom stereocenters. The van der Waals surface area contributed by atoms with Crippen molar-refractivity contribution in [2.24, 2.45) is 0 Å². The lowest BCUT2D eigenvalue weighted by molar-refractivity contribution is 0.122. The van der Waals surface area contributed by atoms with E-state index in [2.05, 4.69) is 33.0 Å². The maximum absolute atomic E-state index is 13.1. The van der Waals surface area contributed by atoms with Gasteiger partial charge in [0, 0.05) is 50.7 Å². The van der Waals surface area contributed by atoms with E-state index in [1.807, 2.05) is 46.6 Å². The van der Waals surface area contributed by atoms with Crippen molar-refractivity contribution in [1.29, 1.82) is 0 Å². The van der Waals surface area contributed by atoms with Gasteiger partial charge in [0.15, 0.2) is 0 Å². The highest BCUT2D eigenvalue weighted by Gasteiger charge is 2.27. The number of nitrogens with one attached hydrogen (secondary N) is 1. The first-order valence-corrected chi connectivity index (χ1v) is 14.7. The quantitative estimate of drug-likeness (QED) is 0.354. The van der Waals surface area contributed by atoms with E-state index in [0.29, 0.717) is 32.3 Å². The largest absolute Gasteiger partial charge is 0.378 e. The van der Waals surface area contributed by atoms with Crippen molar-refractivity contribution in [2.45, 2.75) is 52.7 Å². The summed E-state index contributed by atoms with van der Waals surface area (Å²) >= 11 is 0. The second-order valence-corrected chi connectivity index (χ2v) is 11.1. The predicted molar refractivity (Wildman–Crippen MR) is 161 cm³/mol. The van der Waals surface area contributed by atoms with Crippen LogP contribution in [0.3, 0.4) is 0 Å². The number of H-pyrrole nitrogens is 1. The van der Waals surface area contributed by atoms with Crippen LogP contribution >= 0.6 is 0 Å². The Labute approximate surface area is 237 Å². The number of benzene rings is 2. The summed E-state index contributed by atoms with van der Waals surface area (Å²) in [6.07, 6.45) is 1.65. The molecule has 7 rings (SSSR count). The van der Waals surface area contributed by atoms with Crippen LogP contribution in [-0.2, 0) is 17.8 Å². The first-order valence-electron chi connectivity index (χ1n) is 14.7. The van der Waals surface area contributed by atoms with Gasteiger partial charge in [-0.3, -0.25) is 13.7 Å². The number of anilines is 2. The number of piperidine rings is 1. The van der Waals surface area contributed by atoms with E-state index in [4.69, 9.17) is 14.7 Å². The van der Waals surface area contributed by atoms with Gasteiger partial charge in [-0.15, -0.1) is 0 Å². The summed E-state index contributed by atoms with van der Waals surface area (Å²) in [7, 11) is 0. The van der Waals surface area contributed by atoms with Gasteiger partial charge in [0.2, 0.25) is 5.95 Å². The number of fused-ring (bicyclic) bond motifs is 3. The Hall–Kier alpha value is -4.12. The number of ether oxygens (including phenoxy) is 1. The number of morpholine rings is 1. The molecule has 2 fully saturated rings. The van der Waals surface area contributed by atoms with Gasteiger partial charge in [0.25, 0.3) is 0 Å². The maximum Gasteiger partial charge on any atom is 0.329 e. The summed E-state index contributed by atoms with van der Waals surface area (Å²) in [4.78, 5) is 43.8. The molecular weight excluding hydrogens is 520 g/mol. The molecule has 5 heterocycles. The van der Waals surface area contributed by atoms with Crippen LogP contribution in [0.5, 0.6) is 0 Å². The Balaban J connectivity index is 1.31. The SMILES string of the molecule is CCn1c(=O)n(CC)c2cc3c(N4CCC(n5c(=O)[nH]c6cc(C)ccc65)CC4)nc(N4CCOCC4)nc3cc21. The monoisotopic (exact) mass is 556 g/mol. The fourth-order valence-electron chi connectivity index (χ4n) is 6.61. The topological polar surface area (TPSA) is 106 Å². The summed E-state index contributed by atoms with van der Waals surface area (Å²) in [6, 6.07) is 10.4. The molecule has 1 N–H and O–H groups in total. The summed E-state index contributed by atoms with van der Waals surface area (Å²) in [5, 5.41) is 0.947. The van der Waals surface area contributed by atoms with Crippen molar-refractivity contribution in [3.63, 3.8) is 0 Å². The van der Waals surface area contributed by atoms with Crippen LogP contribution in [0.1, 0.15) is 38.3 Å². The summed E-state index contributed by atoms with van der Waals surface area (Å²) < 4.78 is 11.2. The number of rotatable bonds is 5. The lowest BCUT2D eigenvalue weighted by Crippen LogP contribution is -2.39. The number of aromatic nitrogens is 6. The molecule has 5 aromatic rings. The third kappa shape index (κ3) is 4.21. The zero-order valence-corrected chi connectivity index (χ0v) is 23.9. The molecule has 11 heteroatoms. The smallest absolute Gasteiger partial charge is 0.329 e. The van der Waals surface area contributed by atoms with Crippen molar-refractivity contribution in [1.82, 2.24) is 28.7 Å². The normalized spacial score (nSPS) is 17.0. The van der Waals surface area contributed by atoms with Gasteiger partial charge in [0.1, 0.15) is 5.82 Å². The molecule has 3 aromatic heterocycles. The molecule has 214 valence electrons. The van der Waals surface area contributed by atoms with Gasteiger partial charge in [-0.2, -0.15) is 4.98 Å². The highest BCUT2D eigenvalue weighted by atomic mass is 16.5. The summed E-state index contributed by atoms with van der Waals surface area (Å²) in [5.41, 5.74) is 5.58. The third-order valence-corrected chi connectivity index (χ3v) is 8.73. The molecule has 0 saturated carbocycles. The van der Waals surface area contributed by atoms with Gasteiger partial charge in [0.05, 0.1) is 40.8 Å². The van der Waals surface area contributed by atoms with Crippen LogP contribution < -0.4 is 21.2 Å². The molecule has 2 aromatic carbocycles. The minimum atomic E-state index is -0.0495. The number of nitrogens with zero attached hydrogens (tertiary/aromatic N) is 7. The van der Waals surface area contributed by atoms with Crippen molar-refractivity contribution in [2.75, 3.05) is 49.2 Å². The van der Waals surface area contributed by atoms with Gasteiger partial charge < -0.3 is 19.5 Å². The van der Waals surface area contributed by atoms with Crippen LogP contribution in [-0.4, -0.2) is 68.0 Å². The molecular formula is C30H36N8O3. The fourth-order valence-corrected chi connectivity index (χ4v) is 6.61. The number of hydrogen-bond donors (Lipinski definition) is 1. The molecule has 0 amide bonds. The number of aryl methyl sites for hydroxylation is 3. The fraction of sp³-hybridized carbons (Fsp3) is 0.467. The van der Waals surface area contributed by atoms with Crippen LogP contribution in [0, 0.1) is 6.92 Å². The molecule has 2 saturated heterocycles. The van der Waals surface area contributed by atoms with E-state index in [1.165, 1.54) is 0 Å². The highest BCUT2D eigenvalue weighted by molar-refractivity contribution is 6.00. The Morgan fingerprint density at radius 1 is 0.878 bits per heavy atom. The molecule has 0 spiro atoms. The number of aromatic amines is 1. The molecule has 0 bridgehead atoms. The minimum absolute atomic E-state index is 0.00315. The van der Waals surface area contributed by atoms with Gasteiger partial charge in [-0.1, -0.05) is 6.07 Å². The second-order valence-electron chi connectivity index (χ2n) is 11.1. The molecule has 2 aliphatic heterocycles. The van der Waals surface area contributed by atoms with Gasteiger partial charge >= 0.3 is 11.4 Å². The van der Waals surface area contributed by atoms with Crippen molar-refractivity contribution >= 4 is 44.7 Å². The summed E-state index contributed by atoms with van der Waals surface area (Å²) in [6.45, 7) is 11.5. The Bertz CT molecular complexity index is 1880. The zero-order valence-electron chi connectivity index (χ0n) is 23.9. The average molecular weight is 557 g/mol. The average Bonchev–Trinajstić information content (AvgIpc) is 3.46. The number of imidazole rings is 2. The van der Waals surface area contributed by atoms with Gasteiger partial charge in [-0.05, 0) is 63.4 Å². The van der Waals surface area contributed by atoms with E-state index in [9.17, 15) is 9.59 Å². The van der Waals surface area contributed by atoms with E-state index >= 15 is 0 Å². The Morgan fingerprint density at radius 3 is 2.29 bits per heavy atom. The number of hydrogen-bond acceptors (Lipinski definition) is 7. The Morgan fingerprint density at radius 2 is 1.59 bits per heavy atom. The molecule has 0 radical (unpaired) electrons. The summed E-state index contributed by atoms with van der Waals surface area (Å²) in [5.74, 6) is 1.58. The van der Waals surface area contributed by atoms with E-state index < -0.39 is 0 Å². The standard InChI is InChI=1S/C30H36N8O3/c1-4-36-25-17-21-22(18-26(25)37(5-2)30(36)40)31-28(35-12-14-41-15-13-35)33-27(21)34-10-8-20(9-11-34)38-24-7-6-19(3)16-23(24)32-29(38)39/h6-7,16-18,20H,4-5,8-15H2,1-3H3,(H,32,39). The van der Waals surface area contributed by atoms with E-state index in [0.717, 1.165) is 83.4 Å². The molecule has 0 atom stereocenters. The van der Waals surface area contributed by atoms with E-state index in [1.54, 1.807) is 0 Å². The highest BCUT2D eigenvalue weighted by Crippen LogP contribution is 2.34. The van der Waals surface area contributed by atoms with Crippen LogP contribution in [0.15, 0.2) is 39.9 Å². The first kappa shape index (κ1) is 25.8. The maximum atomic E-state index is 13.1. The molecule has 2 aliphatic rings. The first-order chi connectivity index (χ1) is 20.0. The third-order valence-electron chi connectivity index (χ3n) is 8.73. The van der Waals surface area contributed by atoms with Crippen LogP contribution in [0.4, 0.5) is 11.8 Å². The van der Waals surface area contributed by atoms with Crippen LogP contribution in [0.2, 0.25) is 0 Å². The van der Waals surface area contributed by atoms with Gasteiger partial charge in [-0.25, -0.2) is 14.6 Å². The molecule has 41 heavy (non-hydrogen) atoms. The Kier molecular flexibility index (Phi) is 6.33. The zero-order chi connectivity index (χ0) is 28.2. The minimum Gasteiger partial charge on any atom is -0.378 e. The predicted octanol–water partition coefficient (Wildman–Crippen LogP) is 3.42. The van der Waals surface area contributed by atoms with E-state index in [-0.39, 0.29) is 17.4 Å². The lowest BCUT2D eigenvalue weighted by atomic mass is 10.0. The lowest BCUT2D eigenvalue weighted by Gasteiger charge is -2.35. The van der Waals surface area contributed by atoms with Crippen molar-refractivity contribution in [3.8, 4) is 0 Å². The van der Waals surface area contributed by atoms with Crippen molar-refractivity contribution in [3.05, 3.63) is 56.9 Å². The molecule has 0 aliphatic carbocycles. The van der Waals surface area contributed by atoms with Crippen LogP contribution in [0.25, 0.3) is 33.0 Å². The molecule has 11 nitrogen and oxygen atoms in total.